The van der Waals surface area contributed by atoms with E-state index in [0.29, 0.717) is 47.3 Å². The lowest BCUT2D eigenvalue weighted by molar-refractivity contribution is -0.119. The molecule has 2 unspecified atom stereocenters. The van der Waals surface area contributed by atoms with Gasteiger partial charge >= 0.3 is 0 Å². The van der Waals surface area contributed by atoms with E-state index in [0.717, 1.165) is 50.2 Å². The van der Waals surface area contributed by atoms with E-state index in [1.54, 1.807) is 56.9 Å². The van der Waals surface area contributed by atoms with E-state index in [-0.39, 0.29) is 17.1 Å². The molecule has 276 valence electrons. The van der Waals surface area contributed by atoms with Crippen LogP contribution in [0.2, 0.25) is 0 Å². The molecule has 10 heteroatoms. The van der Waals surface area contributed by atoms with Crippen LogP contribution in [0.5, 0.6) is 46.0 Å². The van der Waals surface area contributed by atoms with Crippen LogP contribution in [0.25, 0.3) is 22.3 Å². The summed E-state index contributed by atoms with van der Waals surface area (Å²) in [5.74, 6) is 5.21. The van der Waals surface area contributed by atoms with Gasteiger partial charge in [-0.15, -0.1) is 0 Å². The number of hydrogen-bond acceptors (Lipinski definition) is 9. The van der Waals surface area contributed by atoms with Crippen molar-refractivity contribution in [2.75, 3.05) is 56.9 Å². The van der Waals surface area contributed by atoms with Gasteiger partial charge in [0, 0.05) is 48.4 Å². The molecule has 5 aromatic carbocycles. The van der Waals surface area contributed by atoms with Gasteiger partial charge in [-0.1, -0.05) is 50.4 Å². The van der Waals surface area contributed by atoms with Crippen molar-refractivity contribution in [1.29, 1.82) is 0 Å². The zero-order valence-corrected chi connectivity index (χ0v) is 32.2. The maximum absolute atomic E-state index is 14.0. The Morgan fingerprint density at radius 3 is 1.09 bits per heavy atom. The van der Waals surface area contributed by atoms with Crippen molar-refractivity contribution in [3.05, 3.63) is 102 Å². The highest BCUT2D eigenvalue weighted by Gasteiger charge is 2.43. The van der Waals surface area contributed by atoms with Gasteiger partial charge in [0.2, 0.25) is 0 Å². The average Bonchev–Trinajstić information content (AvgIpc) is 3.22. The van der Waals surface area contributed by atoms with Crippen LogP contribution in [0.3, 0.4) is 0 Å². The molecule has 0 saturated carbocycles. The number of ether oxygens (including phenoxy) is 8. The molecule has 9 nitrogen and oxygen atoms in total. The summed E-state index contributed by atoms with van der Waals surface area (Å²) in [4.78, 5) is 14.0. The van der Waals surface area contributed by atoms with Crippen LogP contribution >= 0.6 is 7.92 Å². The van der Waals surface area contributed by atoms with Crippen LogP contribution in [0.1, 0.15) is 35.3 Å². The van der Waals surface area contributed by atoms with E-state index in [1.807, 2.05) is 54.6 Å². The summed E-state index contributed by atoms with van der Waals surface area (Å²) in [7, 11) is 11.8. The molecule has 1 fully saturated rings. The minimum absolute atomic E-state index is 0.172. The van der Waals surface area contributed by atoms with Crippen LogP contribution in [0, 0.1) is 0 Å². The molecular weight excluding hydrogens is 691 g/mol. The lowest BCUT2D eigenvalue weighted by atomic mass is 9.95. The summed E-state index contributed by atoms with van der Waals surface area (Å²) in [6.45, 7) is 0. The smallest absolute Gasteiger partial charge is 0.134 e. The fraction of sp³-hybridized carbons (Fsp3) is 0.279. The number of rotatable bonds is 13. The van der Waals surface area contributed by atoms with Crippen LogP contribution in [0.15, 0.2) is 91.0 Å². The van der Waals surface area contributed by atoms with E-state index in [4.69, 9.17) is 37.9 Å². The molecule has 0 bridgehead atoms. The normalized spacial score (nSPS) is 16.8. The van der Waals surface area contributed by atoms with Crippen molar-refractivity contribution in [3.8, 4) is 68.2 Å². The quantitative estimate of drug-likeness (QED) is 0.110. The molecule has 5 aromatic rings. The average molecular weight is 737 g/mol. The van der Waals surface area contributed by atoms with Crippen LogP contribution in [-0.2, 0) is 4.79 Å². The molecule has 0 N–H and O–H groups in total. The van der Waals surface area contributed by atoms with Crippen molar-refractivity contribution in [2.45, 2.75) is 24.2 Å². The largest absolute Gasteiger partial charge is 0.497 e. The predicted octanol–water partition coefficient (Wildman–Crippen LogP) is 9.04. The molecule has 0 spiro atoms. The van der Waals surface area contributed by atoms with Gasteiger partial charge in [0.15, 0.2) is 0 Å². The summed E-state index contributed by atoms with van der Waals surface area (Å²) < 4.78 is 46.7. The van der Waals surface area contributed by atoms with E-state index in [2.05, 4.69) is 36.4 Å². The number of carbonyl (C=O) groups excluding carboxylic acids is 1. The summed E-state index contributed by atoms with van der Waals surface area (Å²) in [5, 5.41) is 1.04. The highest BCUT2D eigenvalue weighted by Crippen LogP contribution is 2.69. The zero-order chi connectivity index (χ0) is 37.6. The SMILES string of the molecule is COc1ccc(C2CC(=O)CC(c3ccc(OC)cc3)P2c2c(-c3c(OC)cc(OC)cc3OC)cccc2-c2c(OC)cc(OC)cc2OC)cc1. The van der Waals surface area contributed by atoms with Crippen molar-refractivity contribution in [2.24, 2.45) is 0 Å². The number of Topliss-reactive ketones (excluding diaryl/α,β-unsaturated/α-hetero) is 1. The van der Waals surface area contributed by atoms with Gasteiger partial charge in [-0.2, -0.15) is 0 Å². The Balaban J connectivity index is 1.77. The molecule has 1 heterocycles. The standard InChI is InChI=1S/C43H45O9P/c1-45-29-16-12-26(13-17-29)39-20-28(44)21-40(27-14-18-30(46-2)19-15-27)53(39)43-33(41-35(49-5)22-31(47-3)23-36(41)50-6)10-9-11-34(43)42-37(51-7)24-32(48-4)25-38(42)52-8/h9-19,22-25,39-40H,20-21H2,1-8H3. The van der Waals surface area contributed by atoms with Gasteiger partial charge in [0.1, 0.15) is 51.8 Å². The fourth-order valence-electron chi connectivity index (χ4n) is 7.22. The Bertz CT molecular complexity index is 1870. The molecule has 2 atom stereocenters. The summed E-state index contributed by atoms with van der Waals surface area (Å²) in [6, 6.07) is 29.8. The number of hydrogen-bond donors (Lipinski definition) is 0. The van der Waals surface area contributed by atoms with E-state index in [9.17, 15) is 4.79 Å². The number of ketones is 1. The Morgan fingerprint density at radius 2 is 0.792 bits per heavy atom. The lowest BCUT2D eigenvalue weighted by Crippen LogP contribution is -2.26. The Labute approximate surface area is 312 Å². The van der Waals surface area contributed by atoms with Gasteiger partial charge in [0.25, 0.3) is 0 Å². The number of benzene rings is 5. The second-order valence-corrected chi connectivity index (χ2v) is 15.0. The summed E-state index contributed by atoms with van der Waals surface area (Å²) in [5.41, 5.74) is 5.08. The first-order valence-corrected chi connectivity index (χ1v) is 18.6. The molecular formula is C43H45O9P. The second kappa shape index (κ2) is 16.5. The maximum Gasteiger partial charge on any atom is 0.134 e. The molecule has 1 saturated heterocycles. The van der Waals surface area contributed by atoms with E-state index < -0.39 is 7.92 Å². The molecule has 6 rings (SSSR count). The Hall–Kier alpha value is -5.40. The Morgan fingerprint density at radius 1 is 0.453 bits per heavy atom. The van der Waals surface area contributed by atoms with Gasteiger partial charge in [-0.3, -0.25) is 4.79 Å². The molecule has 0 aromatic heterocycles. The maximum atomic E-state index is 14.0. The first kappa shape index (κ1) is 37.4. The lowest BCUT2D eigenvalue weighted by Gasteiger charge is -2.41. The third-order valence-electron chi connectivity index (χ3n) is 9.78. The molecule has 0 aliphatic carbocycles. The van der Waals surface area contributed by atoms with Crippen LogP contribution in [-0.4, -0.2) is 62.7 Å². The Kier molecular flexibility index (Phi) is 11.6. The van der Waals surface area contributed by atoms with Crippen LogP contribution in [0.4, 0.5) is 0 Å². The topological polar surface area (TPSA) is 90.9 Å². The second-order valence-electron chi connectivity index (χ2n) is 12.4. The summed E-state index contributed by atoms with van der Waals surface area (Å²) in [6.07, 6.45) is 0.735. The minimum Gasteiger partial charge on any atom is -0.497 e. The molecule has 53 heavy (non-hydrogen) atoms. The van der Waals surface area contributed by atoms with Gasteiger partial charge in [-0.05, 0) is 51.8 Å². The first-order chi connectivity index (χ1) is 25.8. The van der Waals surface area contributed by atoms with Crippen molar-refractivity contribution in [3.63, 3.8) is 0 Å². The van der Waals surface area contributed by atoms with Gasteiger partial charge in [-0.25, -0.2) is 0 Å². The van der Waals surface area contributed by atoms with Crippen LogP contribution < -0.4 is 43.2 Å². The first-order valence-electron chi connectivity index (χ1n) is 17.1. The van der Waals surface area contributed by atoms with Crippen molar-refractivity contribution >= 4 is 19.0 Å². The third-order valence-corrected chi connectivity index (χ3v) is 13.1. The van der Waals surface area contributed by atoms with Crippen molar-refractivity contribution < 1.29 is 42.7 Å². The molecule has 0 radical (unpaired) electrons. The fourth-order valence-corrected chi connectivity index (χ4v) is 11.0. The van der Waals surface area contributed by atoms with E-state index in [1.165, 1.54) is 0 Å². The molecule has 1 aliphatic rings. The monoisotopic (exact) mass is 736 g/mol. The number of carbonyl (C=O) groups is 1. The van der Waals surface area contributed by atoms with E-state index >= 15 is 0 Å². The molecule has 1 aliphatic heterocycles. The van der Waals surface area contributed by atoms with Gasteiger partial charge < -0.3 is 37.9 Å². The van der Waals surface area contributed by atoms with Crippen molar-refractivity contribution in [1.82, 2.24) is 0 Å². The highest BCUT2D eigenvalue weighted by molar-refractivity contribution is 7.67. The third kappa shape index (κ3) is 7.31. The van der Waals surface area contributed by atoms with Gasteiger partial charge in [0.05, 0.1) is 68.0 Å². The predicted molar refractivity (Wildman–Crippen MR) is 209 cm³/mol. The summed E-state index contributed by atoms with van der Waals surface area (Å²) >= 11 is 0. The minimum atomic E-state index is -1.27. The zero-order valence-electron chi connectivity index (χ0n) is 31.4. The number of methoxy groups -OCH3 is 8. The molecule has 0 amide bonds. The highest BCUT2D eigenvalue weighted by atomic mass is 31.1.